The largest absolute Gasteiger partial charge is 0.461 e. The van der Waals surface area contributed by atoms with E-state index in [1.165, 1.54) is 12.8 Å². The number of carbonyl (C=O) groups is 1. The van der Waals surface area contributed by atoms with Crippen molar-refractivity contribution in [2.24, 2.45) is 0 Å². The third-order valence-corrected chi connectivity index (χ3v) is 4.98. The van der Waals surface area contributed by atoms with E-state index < -0.39 is 0 Å². The first-order valence-electron chi connectivity index (χ1n) is 8.68. The Labute approximate surface area is 136 Å². The topological polar surface area (TPSA) is 71.7 Å². The molecule has 1 aromatic rings. The summed E-state index contributed by atoms with van der Waals surface area (Å²) in [7, 11) is 0. The molecule has 3 fully saturated rings. The summed E-state index contributed by atoms with van der Waals surface area (Å²) in [6.07, 6.45) is 4.26. The Morgan fingerprint density at radius 1 is 1.22 bits per heavy atom. The molecule has 0 radical (unpaired) electrons. The number of aromatic nitrogens is 2. The van der Waals surface area contributed by atoms with Crippen molar-refractivity contribution in [1.29, 1.82) is 0 Å². The Balaban J connectivity index is 1.32. The molecule has 126 valence electrons. The first-order chi connectivity index (χ1) is 11.2. The van der Waals surface area contributed by atoms with Crippen molar-refractivity contribution in [2.75, 3.05) is 26.2 Å². The summed E-state index contributed by atoms with van der Waals surface area (Å²) < 4.78 is 10.6. The average molecular weight is 320 g/mol. The van der Waals surface area contributed by atoms with Crippen molar-refractivity contribution < 1.29 is 14.1 Å². The molecule has 1 aromatic heterocycles. The summed E-state index contributed by atoms with van der Waals surface area (Å²) in [5.41, 5.74) is 0. The van der Waals surface area contributed by atoms with Crippen LogP contribution in [-0.2, 0) is 16.1 Å². The number of ether oxygens (including phenoxy) is 1. The van der Waals surface area contributed by atoms with E-state index in [-0.39, 0.29) is 18.1 Å². The number of hydrogen-bond acceptors (Lipinski definition) is 7. The number of esters is 1. The van der Waals surface area contributed by atoms with Crippen molar-refractivity contribution in [3.05, 3.63) is 11.7 Å². The summed E-state index contributed by atoms with van der Waals surface area (Å²) in [4.78, 5) is 21.1. The highest BCUT2D eigenvalue weighted by Gasteiger charge is 2.37. The van der Waals surface area contributed by atoms with Crippen molar-refractivity contribution in [1.82, 2.24) is 19.9 Å². The van der Waals surface area contributed by atoms with Gasteiger partial charge in [-0.2, -0.15) is 4.98 Å². The normalized spacial score (nSPS) is 30.4. The van der Waals surface area contributed by atoms with Gasteiger partial charge in [-0.15, -0.1) is 0 Å². The van der Waals surface area contributed by atoms with Crippen LogP contribution in [0.15, 0.2) is 4.52 Å². The Morgan fingerprint density at radius 2 is 2.09 bits per heavy atom. The lowest BCUT2D eigenvalue weighted by atomic mass is 10.1. The van der Waals surface area contributed by atoms with Gasteiger partial charge in [0.2, 0.25) is 5.89 Å². The molecular weight excluding hydrogens is 296 g/mol. The minimum atomic E-state index is -0.0587. The molecule has 4 rings (SSSR count). The zero-order valence-corrected chi connectivity index (χ0v) is 13.6. The number of carbonyl (C=O) groups excluding carboxylic acids is 1. The second kappa shape index (κ2) is 6.20. The molecule has 2 aliphatic heterocycles. The lowest BCUT2D eigenvalue weighted by Gasteiger charge is -2.24. The van der Waals surface area contributed by atoms with Crippen molar-refractivity contribution in [2.45, 2.75) is 57.2 Å². The zero-order chi connectivity index (χ0) is 15.8. The van der Waals surface area contributed by atoms with E-state index in [0.29, 0.717) is 5.92 Å². The molecule has 2 atom stereocenters. The van der Waals surface area contributed by atoms with Gasteiger partial charge in [0.25, 0.3) is 0 Å². The molecule has 0 N–H and O–H groups in total. The monoisotopic (exact) mass is 320 g/mol. The fourth-order valence-corrected chi connectivity index (χ4v) is 3.52. The van der Waals surface area contributed by atoms with Gasteiger partial charge < -0.3 is 9.26 Å². The van der Waals surface area contributed by atoms with Crippen LogP contribution in [0.25, 0.3) is 0 Å². The predicted octanol–water partition coefficient (Wildman–Crippen LogP) is 1.16. The number of nitrogens with zero attached hydrogens (tertiary/aromatic N) is 4. The maximum absolute atomic E-state index is 11.9. The number of cyclic esters (lactones) is 1. The zero-order valence-electron chi connectivity index (χ0n) is 13.6. The molecule has 0 amide bonds. The van der Waals surface area contributed by atoms with Crippen LogP contribution in [0.4, 0.5) is 0 Å². The second-order valence-electron chi connectivity index (χ2n) is 6.99. The minimum Gasteiger partial charge on any atom is -0.461 e. The molecule has 7 nitrogen and oxygen atoms in total. The third-order valence-electron chi connectivity index (χ3n) is 4.98. The minimum absolute atomic E-state index is 0.0482. The van der Waals surface area contributed by atoms with Crippen LogP contribution in [0.2, 0.25) is 0 Å². The quantitative estimate of drug-likeness (QED) is 0.771. The Kier molecular flexibility index (Phi) is 4.07. The smallest absolute Gasteiger partial charge is 0.323 e. The van der Waals surface area contributed by atoms with Gasteiger partial charge in [0, 0.05) is 32.0 Å². The fraction of sp³-hybridized carbons (Fsp3) is 0.812. The first kappa shape index (κ1) is 15.1. The number of hydrogen-bond donors (Lipinski definition) is 0. The molecule has 0 bridgehead atoms. The molecule has 3 heterocycles. The second-order valence-corrected chi connectivity index (χ2v) is 6.99. The van der Waals surface area contributed by atoms with E-state index in [0.717, 1.165) is 57.3 Å². The van der Waals surface area contributed by atoms with E-state index in [4.69, 9.17) is 9.26 Å². The summed E-state index contributed by atoms with van der Waals surface area (Å²) >= 11 is 0. The summed E-state index contributed by atoms with van der Waals surface area (Å²) in [5.74, 6) is 2.04. The first-order valence-corrected chi connectivity index (χ1v) is 8.68. The predicted molar refractivity (Wildman–Crippen MR) is 81.7 cm³/mol. The fourth-order valence-electron chi connectivity index (χ4n) is 3.52. The van der Waals surface area contributed by atoms with E-state index in [9.17, 15) is 4.79 Å². The number of rotatable bonds is 4. The highest BCUT2D eigenvalue weighted by atomic mass is 16.6. The van der Waals surface area contributed by atoms with Crippen LogP contribution in [0.3, 0.4) is 0 Å². The van der Waals surface area contributed by atoms with Crippen LogP contribution in [0.1, 0.15) is 50.2 Å². The lowest BCUT2D eigenvalue weighted by molar-refractivity contribution is -0.144. The van der Waals surface area contributed by atoms with Crippen LogP contribution in [-0.4, -0.2) is 64.2 Å². The Morgan fingerprint density at radius 3 is 2.83 bits per heavy atom. The van der Waals surface area contributed by atoms with Crippen LogP contribution < -0.4 is 0 Å². The molecule has 3 aliphatic rings. The van der Waals surface area contributed by atoms with Gasteiger partial charge >= 0.3 is 5.97 Å². The molecule has 1 aliphatic carbocycles. The van der Waals surface area contributed by atoms with Crippen LogP contribution in [0, 0.1) is 0 Å². The molecule has 2 saturated heterocycles. The highest BCUT2D eigenvalue weighted by Crippen LogP contribution is 2.38. The van der Waals surface area contributed by atoms with Gasteiger partial charge in [-0.05, 0) is 32.7 Å². The molecule has 2 unspecified atom stereocenters. The van der Waals surface area contributed by atoms with Crippen molar-refractivity contribution >= 4 is 5.97 Å². The van der Waals surface area contributed by atoms with Crippen LogP contribution >= 0.6 is 0 Å². The maximum atomic E-state index is 11.9. The SMILES string of the molecule is CC1CC(N2CCCN(Cc3noc(C4CC4)n3)CC2)C(=O)O1. The lowest BCUT2D eigenvalue weighted by Crippen LogP contribution is -2.41. The summed E-state index contributed by atoms with van der Waals surface area (Å²) in [5, 5.41) is 4.11. The highest BCUT2D eigenvalue weighted by molar-refractivity contribution is 5.77. The van der Waals surface area contributed by atoms with E-state index in [1.54, 1.807) is 0 Å². The van der Waals surface area contributed by atoms with E-state index in [2.05, 4.69) is 19.9 Å². The summed E-state index contributed by atoms with van der Waals surface area (Å²) in [6.45, 7) is 6.46. The van der Waals surface area contributed by atoms with Gasteiger partial charge in [-0.1, -0.05) is 5.16 Å². The Hall–Kier alpha value is -1.47. The van der Waals surface area contributed by atoms with Gasteiger partial charge in [0.05, 0.1) is 6.54 Å². The molecular formula is C16H24N4O3. The molecule has 0 aromatic carbocycles. The average Bonchev–Trinajstić information content (AvgIpc) is 3.23. The molecule has 7 heteroatoms. The van der Waals surface area contributed by atoms with Gasteiger partial charge in [0.1, 0.15) is 12.1 Å². The van der Waals surface area contributed by atoms with Gasteiger partial charge in [-0.25, -0.2) is 0 Å². The van der Waals surface area contributed by atoms with E-state index in [1.807, 2.05) is 6.92 Å². The van der Waals surface area contributed by atoms with Crippen LogP contribution in [0.5, 0.6) is 0 Å². The standard InChI is InChI=1S/C16H24N4O3/c1-11-9-13(16(21)22-11)20-6-2-5-19(7-8-20)10-14-17-15(23-18-14)12-3-4-12/h11-13H,2-10H2,1H3. The van der Waals surface area contributed by atoms with Gasteiger partial charge in [0.15, 0.2) is 5.82 Å². The van der Waals surface area contributed by atoms with E-state index >= 15 is 0 Å². The van der Waals surface area contributed by atoms with Crippen molar-refractivity contribution in [3.63, 3.8) is 0 Å². The maximum Gasteiger partial charge on any atom is 0.323 e. The van der Waals surface area contributed by atoms with Crippen molar-refractivity contribution in [3.8, 4) is 0 Å². The summed E-state index contributed by atoms with van der Waals surface area (Å²) in [6, 6.07) is -0.0587. The molecule has 0 spiro atoms. The third kappa shape index (κ3) is 3.40. The van der Waals surface area contributed by atoms with Gasteiger partial charge in [-0.3, -0.25) is 14.6 Å². The Bertz CT molecular complexity index is 571. The molecule has 1 saturated carbocycles. The molecule has 23 heavy (non-hydrogen) atoms.